The van der Waals surface area contributed by atoms with Crippen molar-refractivity contribution in [2.45, 2.75) is 26.0 Å². The second kappa shape index (κ2) is 5.78. The number of carboxylic acid groups (broad SMARTS) is 1. The Bertz CT molecular complexity index is 444. The molecule has 100 valence electrons. The number of carbonyl (C=O) groups is 2. The van der Waals surface area contributed by atoms with Gasteiger partial charge in [-0.2, -0.15) is 0 Å². The molecule has 0 saturated carbocycles. The Morgan fingerprint density at radius 2 is 2.17 bits per heavy atom. The normalized spacial score (nSPS) is 13.7. The molecule has 0 saturated heterocycles. The van der Waals surface area contributed by atoms with Gasteiger partial charge in [0.25, 0.3) is 0 Å². The highest BCUT2D eigenvalue weighted by Gasteiger charge is 2.30. The van der Waals surface area contributed by atoms with Crippen LogP contribution >= 0.6 is 11.3 Å². The number of nitrogens with one attached hydrogen (secondary N) is 2. The molecule has 1 heterocycles. The van der Waals surface area contributed by atoms with Crippen LogP contribution < -0.4 is 10.6 Å². The zero-order chi connectivity index (χ0) is 13.8. The number of thiazole rings is 1. The molecule has 2 amide bonds. The number of hydrogen-bond acceptors (Lipinski definition) is 5. The highest BCUT2D eigenvalue weighted by atomic mass is 32.1. The molecule has 0 radical (unpaired) electrons. The largest absolute Gasteiger partial charge is 0.479 e. The molecule has 0 fully saturated rings. The molecule has 7 nitrogen and oxygen atoms in total. The molecule has 4 N–H and O–H groups in total. The van der Waals surface area contributed by atoms with Gasteiger partial charge in [0.1, 0.15) is 0 Å². The molecule has 0 aromatic carbocycles. The second-order valence-corrected chi connectivity index (χ2v) is 5.04. The van der Waals surface area contributed by atoms with Crippen LogP contribution in [0.25, 0.3) is 0 Å². The second-order valence-electron chi connectivity index (χ2n) is 3.97. The van der Waals surface area contributed by atoms with E-state index in [9.17, 15) is 14.7 Å². The predicted molar refractivity (Wildman–Crippen MR) is 65.3 cm³/mol. The van der Waals surface area contributed by atoms with Gasteiger partial charge >= 0.3 is 12.0 Å². The van der Waals surface area contributed by atoms with E-state index >= 15 is 0 Å². The van der Waals surface area contributed by atoms with Crippen molar-refractivity contribution in [2.24, 2.45) is 0 Å². The maximum atomic E-state index is 11.3. The van der Waals surface area contributed by atoms with Crippen molar-refractivity contribution in [3.05, 3.63) is 16.1 Å². The lowest BCUT2D eigenvalue weighted by Gasteiger charge is -2.18. The fourth-order valence-electron chi connectivity index (χ4n) is 1.05. The first kappa shape index (κ1) is 14.4. The fourth-order valence-corrected chi connectivity index (χ4v) is 1.66. The summed E-state index contributed by atoms with van der Waals surface area (Å²) in [5.41, 5.74) is -1.24. The highest BCUT2D eigenvalue weighted by Crippen LogP contribution is 2.07. The minimum Gasteiger partial charge on any atom is -0.479 e. The van der Waals surface area contributed by atoms with E-state index in [-0.39, 0.29) is 13.1 Å². The van der Waals surface area contributed by atoms with E-state index in [4.69, 9.17) is 5.11 Å². The van der Waals surface area contributed by atoms with Gasteiger partial charge in [0.2, 0.25) is 0 Å². The van der Waals surface area contributed by atoms with Crippen molar-refractivity contribution in [2.75, 3.05) is 6.54 Å². The summed E-state index contributed by atoms with van der Waals surface area (Å²) < 4.78 is 0. The van der Waals surface area contributed by atoms with Crippen LogP contribution in [0.15, 0.2) is 5.38 Å². The molecule has 1 aromatic rings. The number of aliphatic hydroxyl groups is 1. The number of hydrogen-bond donors (Lipinski definition) is 4. The van der Waals surface area contributed by atoms with Crippen molar-refractivity contribution < 1.29 is 19.8 Å². The van der Waals surface area contributed by atoms with E-state index in [0.717, 1.165) is 17.6 Å². The zero-order valence-corrected chi connectivity index (χ0v) is 10.9. The minimum absolute atomic E-state index is 0.255. The van der Waals surface area contributed by atoms with Crippen molar-refractivity contribution in [1.29, 1.82) is 0 Å². The van der Waals surface area contributed by atoms with E-state index in [2.05, 4.69) is 15.6 Å². The first-order chi connectivity index (χ1) is 8.31. The zero-order valence-electron chi connectivity index (χ0n) is 10.1. The van der Waals surface area contributed by atoms with Gasteiger partial charge in [-0.3, -0.25) is 0 Å². The van der Waals surface area contributed by atoms with Gasteiger partial charge < -0.3 is 20.8 Å². The van der Waals surface area contributed by atoms with E-state index in [1.807, 2.05) is 12.3 Å². The Morgan fingerprint density at radius 3 is 2.67 bits per heavy atom. The molecule has 1 aromatic heterocycles. The van der Waals surface area contributed by atoms with Crippen LogP contribution in [0.1, 0.15) is 17.6 Å². The van der Waals surface area contributed by atoms with Crippen LogP contribution in [0.3, 0.4) is 0 Å². The van der Waals surface area contributed by atoms with Crippen molar-refractivity contribution in [3.63, 3.8) is 0 Å². The Kier molecular flexibility index (Phi) is 4.62. The maximum absolute atomic E-state index is 11.3. The summed E-state index contributed by atoms with van der Waals surface area (Å²) in [7, 11) is 0. The summed E-state index contributed by atoms with van der Waals surface area (Å²) >= 11 is 1.48. The molecule has 18 heavy (non-hydrogen) atoms. The number of amides is 2. The quantitative estimate of drug-likeness (QED) is 0.607. The van der Waals surface area contributed by atoms with Crippen molar-refractivity contribution in [3.8, 4) is 0 Å². The molecular formula is C10H15N3O4S. The lowest BCUT2D eigenvalue weighted by atomic mass is 10.1. The number of aliphatic carboxylic acids is 1. The lowest BCUT2D eigenvalue weighted by Crippen LogP contribution is -2.49. The average molecular weight is 273 g/mol. The molecular weight excluding hydrogens is 258 g/mol. The van der Waals surface area contributed by atoms with Crippen LogP contribution in [0.2, 0.25) is 0 Å². The van der Waals surface area contributed by atoms with Gasteiger partial charge in [-0.1, -0.05) is 0 Å². The van der Waals surface area contributed by atoms with E-state index in [1.165, 1.54) is 11.3 Å². The van der Waals surface area contributed by atoms with Gasteiger partial charge in [-0.25, -0.2) is 14.6 Å². The smallest absolute Gasteiger partial charge is 0.337 e. The fraction of sp³-hybridized carbons (Fsp3) is 0.500. The number of aryl methyl sites for hydroxylation is 1. The number of carboxylic acids is 1. The number of urea groups is 1. The number of aromatic nitrogens is 1. The Hall–Kier alpha value is -1.67. The van der Waals surface area contributed by atoms with Gasteiger partial charge in [-0.05, 0) is 13.8 Å². The first-order valence-corrected chi connectivity index (χ1v) is 6.08. The van der Waals surface area contributed by atoms with E-state index in [1.54, 1.807) is 0 Å². The van der Waals surface area contributed by atoms with Gasteiger partial charge in [-0.15, -0.1) is 11.3 Å². The maximum Gasteiger partial charge on any atom is 0.337 e. The summed E-state index contributed by atoms with van der Waals surface area (Å²) in [6.07, 6.45) is 0. The minimum atomic E-state index is -1.98. The number of rotatable bonds is 5. The summed E-state index contributed by atoms with van der Waals surface area (Å²) in [6, 6.07) is -0.554. The standard InChI is InChI=1S/C10H15N3O4S/c1-6-13-7(4-18-6)3-11-9(16)12-5-10(2,17)8(14)15/h4,17H,3,5H2,1-2H3,(H,14,15)(H2,11,12,16). The Balaban J connectivity index is 2.32. The SMILES string of the molecule is Cc1nc(CNC(=O)NCC(C)(O)C(=O)O)cs1. The van der Waals surface area contributed by atoms with Crippen molar-refractivity contribution >= 4 is 23.3 Å². The molecule has 1 atom stereocenters. The lowest BCUT2D eigenvalue weighted by molar-refractivity contribution is -0.155. The topological polar surface area (TPSA) is 112 Å². The summed E-state index contributed by atoms with van der Waals surface area (Å²) in [5, 5.41) is 25.5. The Morgan fingerprint density at radius 1 is 1.50 bits per heavy atom. The third kappa shape index (κ3) is 4.30. The van der Waals surface area contributed by atoms with Crippen LogP contribution in [-0.2, 0) is 11.3 Å². The van der Waals surface area contributed by atoms with Crippen LogP contribution in [0, 0.1) is 6.92 Å². The van der Waals surface area contributed by atoms with Crippen LogP contribution in [0.4, 0.5) is 4.79 Å². The van der Waals surface area contributed by atoms with E-state index in [0.29, 0.717) is 0 Å². The monoisotopic (exact) mass is 273 g/mol. The first-order valence-electron chi connectivity index (χ1n) is 5.20. The van der Waals surface area contributed by atoms with Crippen LogP contribution in [-0.4, -0.2) is 39.3 Å². The highest BCUT2D eigenvalue weighted by molar-refractivity contribution is 7.09. The predicted octanol–water partition coefficient (Wildman–Crippen LogP) is 0.0863. The van der Waals surface area contributed by atoms with Gasteiger partial charge in [0, 0.05) is 5.38 Å². The number of carbonyl (C=O) groups excluding carboxylic acids is 1. The third-order valence-corrected chi connectivity index (χ3v) is 2.97. The number of nitrogens with zero attached hydrogens (tertiary/aromatic N) is 1. The summed E-state index contributed by atoms with van der Waals surface area (Å²) in [6.45, 7) is 2.85. The Labute approximate surface area is 108 Å². The average Bonchev–Trinajstić information content (AvgIpc) is 2.69. The molecule has 0 aliphatic rings. The summed E-state index contributed by atoms with van der Waals surface area (Å²) in [4.78, 5) is 26.1. The summed E-state index contributed by atoms with van der Waals surface area (Å²) in [5.74, 6) is -1.39. The van der Waals surface area contributed by atoms with E-state index < -0.39 is 17.6 Å². The molecule has 0 aliphatic heterocycles. The molecule has 1 unspecified atom stereocenters. The van der Waals surface area contributed by atoms with Gasteiger partial charge in [0.05, 0.1) is 23.8 Å². The molecule has 1 rings (SSSR count). The van der Waals surface area contributed by atoms with Crippen molar-refractivity contribution in [1.82, 2.24) is 15.6 Å². The van der Waals surface area contributed by atoms with Crippen LogP contribution in [0.5, 0.6) is 0 Å². The molecule has 0 aliphatic carbocycles. The third-order valence-electron chi connectivity index (χ3n) is 2.15. The molecule has 0 bridgehead atoms. The van der Waals surface area contributed by atoms with Gasteiger partial charge in [0.15, 0.2) is 5.60 Å². The molecule has 8 heteroatoms. The molecule has 0 spiro atoms.